The Balaban J connectivity index is 1.67. The van der Waals surface area contributed by atoms with Crippen LogP contribution in [0, 0.1) is 6.92 Å². The topological polar surface area (TPSA) is 71.8 Å². The number of hydrogen-bond donors (Lipinski definition) is 2. The van der Waals surface area contributed by atoms with Crippen LogP contribution in [-0.2, 0) is 0 Å². The van der Waals surface area contributed by atoms with Crippen molar-refractivity contribution >= 4 is 23.4 Å². The number of thioether (sulfide) groups is 1. The zero-order valence-electron chi connectivity index (χ0n) is 15.9. The number of aromatic nitrogens is 3. The van der Waals surface area contributed by atoms with Crippen LogP contribution in [0.4, 0.5) is 5.69 Å². The van der Waals surface area contributed by atoms with Crippen molar-refractivity contribution in [1.29, 1.82) is 0 Å². The standard InChI is InChI=1S/C19H27N5OS/c1-13-17(22-23-24(13)15-9-11-20-12-10-15)18(25)21-14-5-7-16(8-6-14)26-19(2,3)4/h5-8,15,20H,9-12H2,1-4H3,(H,21,25). The third-order valence-electron chi connectivity index (χ3n) is 4.33. The van der Waals surface area contributed by atoms with Crippen molar-refractivity contribution in [3.05, 3.63) is 35.7 Å². The van der Waals surface area contributed by atoms with Gasteiger partial charge in [0.05, 0.1) is 11.7 Å². The van der Waals surface area contributed by atoms with Gasteiger partial charge in [-0.1, -0.05) is 26.0 Å². The first-order valence-corrected chi connectivity index (χ1v) is 9.88. The Morgan fingerprint density at radius 2 is 1.88 bits per heavy atom. The van der Waals surface area contributed by atoms with Crippen molar-refractivity contribution in [3.63, 3.8) is 0 Å². The Labute approximate surface area is 159 Å². The van der Waals surface area contributed by atoms with Gasteiger partial charge < -0.3 is 10.6 Å². The Hall–Kier alpha value is -1.86. The lowest BCUT2D eigenvalue weighted by molar-refractivity contribution is 0.102. The number of nitrogens with one attached hydrogen (secondary N) is 2. The number of anilines is 1. The first-order valence-electron chi connectivity index (χ1n) is 9.06. The molecule has 26 heavy (non-hydrogen) atoms. The van der Waals surface area contributed by atoms with E-state index in [2.05, 4.69) is 41.7 Å². The Bertz CT molecular complexity index is 757. The first kappa shape index (κ1) is 18.9. The van der Waals surface area contributed by atoms with Crippen LogP contribution < -0.4 is 10.6 Å². The molecule has 1 amide bonds. The molecule has 2 aromatic rings. The van der Waals surface area contributed by atoms with E-state index in [1.165, 1.54) is 4.90 Å². The third kappa shape index (κ3) is 4.65. The summed E-state index contributed by atoms with van der Waals surface area (Å²) in [6.45, 7) is 10.4. The Kier molecular flexibility index (Phi) is 5.67. The summed E-state index contributed by atoms with van der Waals surface area (Å²) in [6, 6.07) is 8.24. The number of nitrogens with zero attached hydrogens (tertiary/aromatic N) is 3. The molecule has 0 saturated carbocycles. The second-order valence-corrected chi connectivity index (χ2v) is 9.54. The number of piperidine rings is 1. The summed E-state index contributed by atoms with van der Waals surface area (Å²) < 4.78 is 2.06. The molecule has 0 spiro atoms. The Morgan fingerprint density at radius 3 is 2.50 bits per heavy atom. The zero-order valence-corrected chi connectivity index (χ0v) is 16.7. The summed E-state index contributed by atoms with van der Waals surface area (Å²) in [5.41, 5.74) is 2.00. The van der Waals surface area contributed by atoms with Gasteiger partial charge in [-0.15, -0.1) is 16.9 Å². The molecule has 0 atom stereocenters. The fourth-order valence-corrected chi connectivity index (χ4v) is 4.08. The molecule has 1 aliphatic rings. The SMILES string of the molecule is Cc1c(C(=O)Nc2ccc(SC(C)(C)C)cc2)nnn1C1CCNCC1. The van der Waals surface area contributed by atoms with Crippen LogP contribution in [0.25, 0.3) is 0 Å². The van der Waals surface area contributed by atoms with E-state index in [1.807, 2.05) is 35.9 Å². The lowest BCUT2D eigenvalue weighted by Crippen LogP contribution is -2.30. The van der Waals surface area contributed by atoms with Crippen molar-refractivity contribution in [2.45, 2.75) is 56.2 Å². The molecule has 0 radical (unpaired) electrons. The average Bonchev–Trinajstić information content (AvgIpc) is 2.98. The predicted molar refractivity (Wildman–Crippen MR) is 106 cm³/mol. The van der Waals surface area contributed by atoms with Gasteiger partial charge >= 0.3 is 0 Å². The number of hydrogen-bond acceptors (Lipinski definition) is 5. The van der Waals surface area contributed by atoms with Crippen LogP contribution in [-0.4, -0.2) is 38.7 Å². The van der Waals surface area contributed by atoms with Gasteiger partial charge in [0.2, 0.25) is 0 Å². The number of benzene rings is 1. The van der Waals surface area contributed by atoms with E-state index in [0.717, 1.165) is 37.3 Å². The predicted octanol–water partition coefficient (Wildman–Crippen LogP) is 3.65. The van der Waals surface area contributed by atoms with E-state index in [0.29, 0.717) is 11.7 Å². The molecule has 2 N–H and O–H groups in total. The summed E-state index contributed by atoms with van der Waals surface area (Å²) in [5.74, 6) is -0.209. The van der Waals surface area contributed by atoms with Gasteiger partial charge in [-0.3, -0.25) is 4.79 Å². The van der Waals surface area contributed by atoms with Gasteiger partial charge in [0, 0.05) is 15.3 Å². The second kappa shape index (κ2) is 7.80. The number of carbonyl (C=O) groups excluding carboxylic acids is 1. The van der Waals surface area contributed by atoms with Gasteiger partial charge in [-0.2, -0.15) is 0 Å². The summed E-state index contributed by atoms with van der Waals surface area (Å²) in [4.78, 5) is 13.8. The summed E-state index contributed by atoms with van der Waals surface area (Å²) in [5, 5.41) is 14.6. The number of carbonyl (C=O) groups is 1. The van der Waals surface area contributed by atoms with Crippen molar-refractivity contribution in [3.8, 4) is 0 Å². The van der Waals surface area contributed by atoms with E-state index in [9.17, 15) is 4.79 Å². The molecule has 1 fully saturated rings. The lowest BCUT2D eigenvalue weighted by Gasteiger charge is -2.23. The van der Waals surface area contributed by atoms with Gasteiger partial charge in [0.1, 0.15) is 0 Å². The van der Waals surface area contributed by atoms with E-state index >= 15 is 0 Å². The van der Waals surface area contributed by atoms with E-state index in [1.54, 1.807) is 11.8 Å². The number of rotatable bonds is 4. The highest BCUT2D eigenvalue weighted by Crippen LogP contribution is 2.32. The molecule has 0 unspecified atom stereocenters. The van der Waals surface area contributed by atoms with Crippen LogP contribution in [0.1, 0.15) is 55.8 Å². The molecule has 6 nitrogen and oxygen atoms in total. The third-order valence-corrected chi connectivity index (χ3v) is 5.45. The molecule has 1 aromatic carbocycles. The maximum atomic E-state index is 12.6. The van der Waals surface area contributed by atoms with E-state index in [-0.39, 0.29) is 10.7 Å². The minimum Gasteiger partial charge on any atom is -0.321 e. The lowest BCUT2D eigenvalue weighted by atomic mass is 10.1. The van der Waals surface area contributed by atoms with E-state index < -0.39 is 0 Å². The Morgan fingerprint density at radius 1 is 1.23 bits per heavy atom. The minimum absolute atomic E-state index is 0.162. The molecular formula is C19H27N5OS. The van der Waals surface area contributed by atoms with Crippen LogP contribution >= 0.6 is 11.8 Å². The molecule has 7 heteroatoms. The monoisotopic (exact) mass is 373 g/mol. The highest BCUT2D eigenvalue weighted by Gasteiger charge is 2.23. The van der Waals surface area contributed by atoms with E-state index in [4.69, 9.17) is 0 Å². The summed E-state index contributed by atoms with van der Waals surface area (Å²) in [6.07, 6.45) is 2.02. The van der Waals surface area contributed by atoms with Crippen molar-refractivity contribution < 1.29 is 4.79 Å². The highest BCUT2D eigenvalue weighted by atomic mass is 32.2. The fourth-order valence-electron chi connectivity index (χ4n) is 3.10. The summed E-state index contributed by atoms with van der Waals surface area (Å²) in [7, 11) is 0. The second-order valence-electron chi connectivity index (χ2n) is 7.64. The zero-order chi connectivity index (χ0) is 18.7. The molecule has 1 aromatic heterocycles. The molecule has 2 heterocycles. The van der Waals surface area contributed by atoms with Crippen molar-refractivity contribution in [2.24, 2.45) is 0 Å². The molecule has 1 aliphatic heterocycles. The van der Waals surface area contributed by atoms with Gasteiger partial charge in [-0.05, 0) is 57.1 Å². The normalized spacial score (nSPS) is 15.8. The van der Waals surface area contributed by atoms with Crippen LogP contribution in [0.5, 0.6) is 0 Å². The molecular weight excluding hydrogens is 346 g/mol. The molecule has 3 rings (SSSR count). The van der Waals surface area contributed by atoms with Crippen LogP contribution in [0.2, 0.25) is 0 Å². The van der Waals surface area contributed by atoms with Crippen molar-refractivity contribution in [2.75, 3.05) is 18.4 Å². The minimum atomic E-state index is -0.209. The molecule has 0 aliphatic carbocycles. The van der Waals surface area contributed by atoms with Gasteiger partial charge in [0.15, 0.2) is 5.69 Å². The highest BCUT2D eigenvalue weighted by molar-refractivity contribution is 8.00. The molecule has 140 valence electrons. The maximum absolute atomic E-state index is 12.6. The quantitative estimate of drug-likeness (QED) is 0.801. The molecule has 1 saturated heterocycles. The number of amides is 1. The first-order chi connectivity index (χ1) is 12.3. The molecule has 0 bridgehead atoms. The van der Waals surface area contributed by atoms with Crippen molar-refractivity contribution in [1.82, 2.24) is 20.3 Å². The smallest absolute Gasteiger partial charge is 0.278 e. The van der Waals surface area contributed by atoms with Crippen LogP contribution in [0.15, 0.2) is 29.2 Å². The van der Waals surface area contributed by atoms with Crippen LogP contribution in [0.3, 0.4) is 0 Å². The van der Waals surface area contributed by atoms with Gasteiger partial charge in [-0.25, -0.2) is 4.68 Å². The average molecular weight is 374 g/mol. The largest absolute Gasteiger partial charge is 0.321 e. The van der Waals surface area contributed by atoms with Gasteiger partial charge in [0.25, 0.3) is 5.91 Å². The maximum Gasteiger partial charge on any atom is 0.278 e. The fraction of sp³-hybridized carbons (Fsp3) is 0.526. The summed E-state index contributed by atoms with van der Waals surface area (Å²) >= 11 is 1.80.